The SMILES string of the molecule is COc1ccc(CC(=O)Nc2ccc(Nc3ccccc3F)nn2)cc1. The van der Waals surface area contributed by atoms with Gasteiger partial charge in [-0.15, -0.1) is 10.2 Å². The molecule has 0 aliphatic carbocycles. The smallest absolute Gasteiger partial charge is 0.229 e. The van der Waals surface area contributed by atoms with Crippen LogP contribution in [0.15, 0.2) is 60.7 Å². The summed E-state index contributed by atoms with van der Waals surface area (Å²) in [6.45, 7) is 0. The number of para-hydroxylation sites is 1. The Kier molecular flexibility index (Phi) is 5.38. The Bertz CT molecular complexity index is 883. The van der Waals surface area contributed by atoms with E-state index in [4.69, 9.17) is 4.74 Å². The van der Waals surface area contributed by atoms with Crippen molar-refractivity contribution in [1.29, 1.82) is 0 Å². The monoisotopic (exact) mass is 352 g/mol. The third kappa shape index (κ3) is 4.54. The highest BCUT2D eigenvalue weighted by Gasteiger charge is 2.07. The summed E-state index contributed by atoms with van der Waals surface area (Å²) in [5.74, 6) is 0.842. The van der Waals surface area contributed by atoms with Crippen molar-refractivity contribution in [2.24, 2.45) is 0 Å². The molecule has 1 heterocycles. The summed E-state index contributed by atoms with van der Waals surface area (Å²) >= 11 is 0. The number of hydrogen-bond acceptors (Lipinski definition) is 5. The van der Waals surface area contributed by atoms with Gasteiger partial charge in [0.25, 0.3) is 0 Å². The second-order valence-corrected chi connectivity index (χ2v) is 5.48. The van der Waals surface area contributed by atoms with Gasteiger partial charge in [0.1, 0.15) is 11.6 Å². The second-order valence-electron chi connectivity index (χ2n) is 5.48. The number of methoxy groups -OCH3 is 1. The molecule has 132 valence electrons. The minimum atomic E-state index is -0.383. The summed E-state index contributed by atoms with van der Waals surface area (Å²) in [4.78, 5) is 12.1. The number of carbonyl (C=O) groups is 1. The Morgan fingerprint density at radius 2 is 1.69 bits per heavy atom. The summed E-state index contributed by atoms with van der Waals surface area (Å²) in [6, 6.07) is 16.7. The molecule has 2 aromatic carbocycles. The fourth-order valence-electron chi connectivity index (χ4n) is 2.28. The molecule has 26 heavy (non-hydrogen) atoms. The molecule has 0 unspecified atom stereocenters. The standard InChI is InChI=1S/C19H17FN4O2/c1-26-14-8-6-13(7-9-14)12-19(25)22-18-11-10-17(23-24-18)21-16-5-3-2-4-15(16)20/h2-11H,12H2,1H3,(H,21,23)(H,22,24,25). The normalized spacial score (nSPS) is 10.2. The number of anilines is 3. The maximum Gasteiger partial charge on any atom is 0.229 e. The molecule has 0 atom stereocenters. The molecule has 0 aliphatic rings. The zero-order chi connectivity index (χ0) is 18.4. The van der Waals surface area contributed by atoms with Crippen LogP contribution >= 0.6 is 0 Å². The number of nitrogens with zero attached hydrogens (tertiary/aromatic N) is 2. The lowest BCUT2D eigenvalue weighted by Gasteiger charge is -2.08. The molecule has 3 rings (SSSR count). The van der Waals surface area contributed by atoms with Crippen LogP contribution < -0.4 is 15.4 Å². The number of hydrogen-bond donors (Lipinski definition) is 2. The molecule has 6 nitrogen and oxygen atoms in total. The molecule has 0 bridgehead atoms. The number of aromatic nitrogens is 2. The van der Waals surface area contributed by atoms with Crippen molar-refractivity contribution in [2.45, 2.75) is 6.42 Å². The molecule has 2 N–H and O–H groups in total. The Morgan fingerprint density at radius 1 is 1.00 bits per heavy atom. The number of nitrogens with one attached hydrogen (secondary N) is 2. The quantitative estimate of drug-likeness (QED) is 0.709. The van der Waals surface area contributed by atoms with E-state index in [2.05, 4.69) is 20.8 Å². The maximum atomic E-state index is 13.6. The maximum absolute atomic E-state index is 13.6. The summed E-state index contributed by atoms with van der Waals surface area (Å²) in [5.41, 5.74) is 1.16. The summed E-state index contributed by atoms with van der Waals surface area (Å²) < 4.78 is 18.7. The summed E-state index contributed by atoms with van der Waals surface area (Å²) in [7, 11) is 1.59. The predicted molar refractivity (Wildman–Crippen MR) is 97.0 cm³/mol. The van der Waals surface area contributed by atoms with Crippen LogP contribution in [0.1, 0.15) is 5.56 Å². The molecule has 0 radical (unpaired) electrons. The first kappa shape index (κ1) is 17.3. The van der Waals surface area contributed by atoms with Gasteiger partial charge in [0.2, 0.25) is 5.91 Å². The third-order valence-corrected chi connectivity index (χ3v) is 3.59. The van der Waals surface area contributed by atoms with Crippen LogP contribution in [0.25, 0.3) is 0 Å². The highest BCUT2D eigenvalue weighted by molar-refractivity contribution is 5.91. The van der Waals surface area contributed by atoms with Gasteiger partial charge in [0, 0.05) is 0 Å². The summed E-state index contributed by atoms with van der Waals surface area (Å²) in [6.07, 6.45) is 0.209. The first-order valence-electron chi connectivity index (χ1n) is 7.92. The molecule has 0 saturated carbocycles. The zero-order valence-corrected chi connectivity index (χ0v) is 14.1. The highest BCUT2D eigenvalue weighted by atomic mass is 19.1. The summed E-state index contributed by atoms with van der Waals surface area (Å²) in [5, 5.41) is 13.4. The van der Waals surface area contributed by atoms with Crippen LogP contribution in [0, 0.1) is 5.82 Å². The van der Waals surface area contributed by atoms with Gasteiger partial charge >= 0.3 is 0 Å². The molecule has 1 amide bonds. The van der Waals surface area contributed by atoms with E-state index >= 15 is 0 Å². The fourth-order valence-corrected chi connectivity index (χ4v) is 2.28. The second kappa shape index (κ2) is 8.06. The largest absolute Gasteiger partial charge is 0.497 e. The van der Waals surface area contributed by atoms with Crippen LogP contribution in [0.2, 0.25) is 0 Å². The van der Waals surface area contributed by atoms with Gasteiger partial charge < -0.3 is 15.4 Å². The van der Waals surface area contributed by atoms with Gasteiger partial charge in [-0.3, -0.25) is 4.79 Å². The highest BCUT2D eigenvalue weighted by Crippen LogP contribution is 2.18. The molecule has 0 saturated heterocycles. The molecular formula is C19H17FN4O2. The molecule has 7 heteroatoms. The van der Waals surface area contributed by atoms with E-state index in [0.717, 1.165) is 11.3 Å². The Morgan fingerprint density at radius 3 is 2.35 bits per heavy atom. The lowest BCUT2D eigenvalue weighted by molar-refractivity contribution is -0.115. The van der Waals surface area contributed by atoms with Crippen molar-refractivity contribution in [3.05, 3.63) is 72.0 Å². The van der Waals surface area contributed by atoms with E-state index in [1.807, 2.05) is 12.1 Å². The van der Waals surface area contributed by atoms with Crippen LogP contribution in [0.4, 0.5) is 21.7 Å². The average molecular weight is 352 g/mol. The van der Waals surface area contributed by atoms with Crippen molar-refractivity contribution >= 4 is 23.2 Å². The lowest BCUT2D eigenvalue weighted by atomic mass is 10.1. The van der Waals surface area contributed by atoms with Crippen molar-refractivity contribution in [2.75, 3.05) is 17.7 Å². The number of ether oxygens (including phenoxy) is 1. The van der Waals surface area contributed by atoms with E-state index in [1.54, 1.807) is 49.6 Å². The van der Waals surface area contributed by atoms with E-state index < -0.39 is 0 Å². The van der Waals surface area contributed by atoms with Crippen LogP contribution in [-0.2, 0) is 11.2 Å². The molecule has 0 spiro atoms. The molecule has 3 aromatic rings. The van der Waals surface area contributed by atoms with Gasteiger partial charge in [0.15, 0.2) is 11.6 Å². The van der Waals surface area contributed by atoms with Crippen LogP contribution in [0.3, 0.4) is 0 Å². The molecule has 0 aliphatic heterocycles. The fraction of sp³-hybridized carbons (Fsp3) is 0.105. The van der Waals surface area contributed by atoms with Crippen LogP contribution in [-0.4, -0.2) is 23.2 Å². The zero-order valence-electron chi connectivity index (χ0n) is 14.1. The van der Waals surface area contributed by atoms with Gasteiger partial charge in [-0.25, -0.2) is 4.39 Å². The van der Waals surface area contributed by atoms with Gasteiger partial charge in [-0.1, -0.05) is 24.3 Å². The first-order valence-corrected chi connectivity index (χ1v) is 7.92. The Hall–Kier alpha value is -3.48. The van der Waals surface area contributed by atoms with Gasteiger partial charge in [-0.2, -0.15) is 0 Å². The van der Waals surface area contributed by atoms with Crippen molar-refractivity contribution in [3.63, 3.8) is 0 Å². The number of benzene rings is 2. The van der Waals surface area contributed by atoms with Crippen molar-refractivity contribution in [1.82, 2.24) is 10.2 Å². The van der Waals surface area contributed by atoms with E-state index in [-0.39, 0.29) is 18.1 Å². The predicted octanol–water partition coefficient (Wildman–Crippen LogP) is 3.55. The van der Waals surface area contributed by atoms with Gasteiger partial charge in [0.05, 0.1) is 19.2 Å². The van der Waals surface area contributed by atoms with E-state index in [1.165, 1.54) is 6.07 Å². The Balaban J connectivity index is 1.58. The number of rotatable bonds is 6. The van der Waals surface area contributed by atoms with E-state index in [0.29, 0.717) is 17.3 Å². The minimum absolute atomic E-state index is 0.209. The molecule has 0 fully saturated rings. The van der Waals surface area contributed by atoms with Gasteiger partial charge in [-0.05, 0) is 42.0 Å². The molecule has 1 aromatic heterocycles. The van der Waals surface area contributed by atoms with Crippen molar-refractivity contribution in [3.8, 4) is 5.75 Å². The molecular weight excluding hydrogens is 335 g/mol. The third-order valence-electron chi connectivity index (χ3n) is 3.59. The number of halogens is 1. The van der Waals surface area contributed by atoms with Crippen LogP contribution in [0.5, 0.6) is 5.75 Å². The Labute approximate surface area is 150 Å². The average Bonchev–Trinajstić information content (AvgIpc) is 2.66. The topological polar surface area (TPSA) is 76.1 Å². The minimum Gasteiger partial charge on any atom is -0.497 e. The number of amides is 1. The van der Waals surface area contributed by atoms with E-state index in [9.17, 15) is 9.18 Å². The number of carbonyl (C=O) groups excluding carboxylic acids is 1. The first-order chi connectivity index (χ1) is 12.6. The van der Waals surface area contributed by atoms with Crippen molar-refractivity contribution < 1.29 is 13.9 Å². The lowest BCUT2D eigenvalue weighted by Crippen LogP contribution is -2.15.